The van der Waals surface area contributed by atoms with Crippen LogP contribution in [-0.4, -0.2) is 86.9 Å². The largest absolute Gasteiger partial charge is 0.517 e. The molecule has 0 unspecified atom stereocenters. The van der Waals surface area contributed by atoms with Crippen molar-refractivity contribution >= 4 is 46.7 Å². The minimum atomic E-state index is -1.15. The van der Waals surface area contributed by atoms with Crippen LogP contribution < -0.4 is 9.88 Å². The van der Waals surface area contributed by atoms with Gasteiger partial charge in [-0.25, -0.2) is 19.1 Å². The molecule has 2 saturated heterocycles. The molecule has 8 rings (SSSR count). The number of amides is 3. The molecule has 15 nitrogen and oxygen atoms in total. The van der Waals surface area contributed by atoms with Gasteiger partial charge in [0.15, 0.2) is 11.5 Å². The van der Waals surface area contributed by atoms with Gasteiger partial charge in [0.25, 0.3) is 11.7 Å². The number of aromatic nitrogens is 3. The first kappa shape index (κ1) is 47.9. The van der Waals surface area contributed by atoms with Crippen molar-refractivity contribution < 1.29 is 47.5 Å². The van der Waals surface area contributed by atoms with Crippen molar-refractivity contribution in [2.45, 2.75) is 102 Å². The maximum Gasteiger partial charge on any atom is 0.517 e. The molecule has 4 atom stereocenters. The van der Waals surface area contributed by atoms with E-state index in [0.717, 1.165) is 56.8 Å². The maximum atomic E-state index is 14.3. The third-order valence-electron chi connectivity index (χ3n) is 12.7. The van der Waals surface area contributed by atoms with Crippen molar-refractivity contribution in [1.82, 2.24) is 25.1 Å². The summed E-state index contributed by atoms with van der Waals surface area (Å²) in [5, 5.41) is 3.55. The number of nitrogens with zero attached hydrogens (tertiary/aromatic N) is 3. The number of carbonyl (C=O) groups is 6. The number of fused-ring (bicyclic) bond motifs is 1. The number of Topliss-reactive ketones (excluding diaryl/α,β-unsaturated/α-hetero) is 1. The molecule has 15 heteroatoms. The fraction of sp³-hybridized carbons (Fsp3) is 0.352. The van der Waals surface area contributed by atoms with Gasteiger partial charge in [-0.1, -0.05) is 78.9 Å². The van der Waals surface area contributed by atoms with E-state index in [1.165, 1.54) is 0 Å². The second-order valence-electron chi connectivity index (χ2n) is 18.4. The van der Waals surface area contributed by atoms with Gasteiger partial charge < -0.3 is 34.3 Å². The minimum absolute atomic E-state index is 0.0335. The number of ether oxygens (including phenoxy) is 3. The Bertz CT molecular complexity index is 2820. The Morgan fingerprint density at radius 1 is 0.710 bits per heavy atom. The van der Waals surface area contributed by atoms with Crippen LogP contribution >= 0.6 is 0 Å². The molecule has 2 fully saturated rings. The van der Waals surface area contributed by atoms with E-state index in [-0.39, 0.29) is 42.6 Å². The number of H-pyrrole nitrogens is 2. The number of rotatable bonds is 15. The van der Waals surface area contributed by atoms with Crippen LogP contribution in [-0.2, 0) is 46.9 Å². The number of imidazole rings is 1. The molecule has 2 aromatic heterocycles. The first-order valence-corrected chi connectivity index (χ1v) is 23.7. The summed E-state index contributed by atoms with van der Waals surface area (Å²) in [4.78, 5) is 90.5. The number of aromatic amines is 2. The Morgan fingerprint density at radius 3 is 2.03 bits per heavy atom. The molecular formula is C54H59N6O9+. The number of likely N-dealkylation sites (tertiary alicyclic amines) is 2. The zero-order valence-corrected chi connectivity index (χ0v) is 39.6. The topological polar surface area (TPSA) is 184 Å². The van der Waals surface area contributed by atoms with Gasteiger partial charge in [-0.2, -0.15) is 0 Å². The predicted molar refractivity (Wildman–Crippen MR) is 257 cm³/mol. The molecule has 2 aliphatic heterocycles. The molecule has 358 valence electrons. The molecule has 2 aliphatic rings. The summed E-state index contributed by atoms with van der Waals surface area (Å²) in [6.45, 7) is 7.75. The number of ketones is 1. The number of nitrogens with one attached hydrogen (secondary N) is 3. The smallest absolute Gasteiger partial charge is 0.463 e. The van der Waals surface area contributed by atoms with Gasteiger partial charge in [-0.3, -0.25) is 19.2 Å². The normalized spacial score (nSPS) is 16.7. The van der Waals surface area contributed by atoms with Crippen LogP contribution in [0.5, 0.6) is 0 Å². The summed E-state index contributed by atoms with van der Waals surface area (Å²) >= 11 is 0. The van der Waals surface area contributed by atoms with E-state index in [4.69, 9.17) is 14.2 Å². The molecule has 0 spiro atoms. The van der Waals surface area contributed by atoms with Crippen molar-refractivity contribution in [3.8, 4) is 22.5 Å². The number of hydrogen-bond acceptors (Lipinski definition) is 9. The van der Waals surface area contributed by atoms with Gasteiger partial charge in [0, 0.05) is 41.7 Å². The standard InChI is InChI=1S/C54H58N6O9/c1-33(2)67-48(62)31-41(36-14-8-6-9-15-36)51(63)59-26-12-18-45(59)47(61)29-35-20-25-42-40(28-35)30-43(55-42)37-21-23-38(24-22-37)44-32-58(5)50(56-44)46-19-13-27-60(46)52(64)49(39-16-10-7-11-17-39)57-53(65)69-54(66)68-34(3)4/h6-11,14-17,20-25,28,30,32-34,41,45-46,49,55H,12-13,18-19,26-27,29,31H2,1-5H3,(H,57,65)/p+1/t41-,45+,46+,49-/m1/s1. The molecule has 6 aromatic rings. The molecule has 69 heavy (non-hydrogen) atoms. The van der Waals surface area contributed by atoms with E-state index in [0.29, 0.717) is 37.9 Å². The van der Waals surface area contributed by atoms with Gasteiger partial charge in [0.05, 0.1) is 37.6 Å². The first-order chi connectivity index (χ1) is 33.2. The second-order valence-corrected chi connectivity index (χ2v) is 18.4. The third-order valence-corrected chi connectivity index (χ3v) is 12.7. The number of carbonyl (C=O) groups excluding carboxylic acids is 6. The fourth-order valence-corrected chi connectivity index (χ4v) is 9.51. The number of aryl methyl sites for hydroxylation is 1. The van der Waals surface area contributed by atoms with Crippen molar-refractivity contribution in [3.05, 3.63) is 138 Å². The van der Waals surface area contributed by atoms with Gasteiger partial charge in [-0.05, 0) is 106 Å². The Kier molecular flexibility index (Phi) is 14.7. The van der Waals surface area contributed by atoms with Gasteiger partial charge in [-0.15, -0.1) is 0 Å². The van der Waals surface area contributed by atoms with E-state index in [1.54, 1.807) is 61.8 Å². The van der Waals surface area contributed by atoms with Crippen molar-refractivity contribution in [1.29, 1.82) is 0 Å². The number of benzene rings is 4. The van der Waals surface area contributed by atoms with Gasteiger partial charge in [0.2, 0.25) is 5.91 Å². The minimum Gasteiger partial charge on any atom is -0.463 e. The number of alkyl carbamates (subject to hydrolysis) is 1. The molecule has 0 aliphatic carbocycles. The third kappa shape index (κ3) is 11.3. The Balaban J connectivity index is 0.934. The lowest BCUT2D eigenvalue weighted by atomic mass is 9.93. The first-order valence-electron chi connectivity index (χ1n) is 23.7. The molecular weight excluding hydrogens is 877 g/mol. The second kappa shape index (κ2) is 21.2. The lowest BCUT2D eigenvalue weighted by Crippen LogP contribution is -2.45. The van der Waals surface area contributed by atoms with Gasteiger partial charge >= 0.3 is 18.2 Å². The molecule has 0 saturated carbocycles. The van der Waals surface area contributed by atoms with E-state index in [2.05, 4.69) is 21.4 Å². The van der Waals surface area contributed by atoms with Crippen LogP contribution in [0, 0.1) is 0 Å². The zero-order valence-electron chi connectivity index (χ0n) is 39.6. The Morgan fingerprint density at radius 2 is 1.35 bits per heavy atom. The van der Waals surface area contributed by atoms with Crippen LogP contribution in [0.1, 0.15) is 100 Å². The Labute approximate surface area is 401 Å². The molecule has 0 bridgehead atoms. The van der Waals surface area contributed by atoms with E-state index in [9.17, 15) is 28.8 Å². The monoisotopic (exact) mass is 935 g/mol. The summed E-state index contributed by atoms with van der Waals surface area (Å²) in [5.41, 5.74) is 6.73. The lowest BCUT2D eigenvalue weighted by molar-refractivity contribution is -0.680. The molecule has 4 aromatic carbocycles. The number of esters is 1. The van der Waals surface area contributed by atoms with Crippen LogP contribution in [0.4, 0.5) is 9.59 Å². The highest BCUT2D eigenvalue weighted by molar-refractivity contribution is 5.95. The zero-order chi connectivity index (χ0) is 48.8. The van der Waals surface area contributed by atoms with E-state index >= 15 is 0 Å². The highest BCUT2D eigenvalue weighted by Gasteiger charge is 2.41. The summed E-state index contributed by atoms with van der Waals surface area (Å²) in [5.74, 6) is -0.963. The fourth-order valence-electron chi connectivity index (χ4n) is 9.51. The predicted octanol–water partition coefficient (Wildman–Crippen LogP) is 8.56. The summed E-state index contributed by atoms with van der Waals surface area (Å²) in [7, 11) is 1.93. The average molecular weight is 936 g/mol. The quantitative estimate of drug-likeness (QED) is 0.0516. The Hall–Kier alpha value is -7.55. The van der Waals surface area contributed by atoms with Gasteiger partial charge in [0.1, 0.15) is 18.3 Å². The molecule has 3 amide bonds. The van der Waals surface area contributed by atoms with Crippen LogP contribution in [0.3, 0.4) is 0 Å². The average Bonchev–Trinajstić information content (AvgIpc) is 4.16. The highest BCUT2D eigenvalue weighted by Crippen LogP contribution is 2.35. The SMILES string of the molecule is CC(C)OC(=O)C[C@@H](C(=O)N1CCC[C@H]1C(=O)Cc1ccc2[nH]c(-c3ccc(-c4c[n+](C)c([C@@H]5CCCN5C(=O)[C@H](NC(=O)OC(=O)OC(C)C)c5ccccc5)[nH]4)cc3)cc2c1)c1ccccc1. The maximum absolute atomic E-state index is 14.3. The highest BCUT2D eigenvalue weighted by atomic mass is 16.7. The van der Waals surface area contributed by atoms with Crippen LogP contribution in [0.25, 0.3) is 33.4 Å². The van der Waals surface area contributed by atoms with E-state index in [1.807, 2.05) is 96.7 Å². The van der Waals surface area contributed by atoms with E-state index < -0.39 is 42.3 Å². The van der Waals surface area contributed by atoms with Crippen LogP contribution in [0.2, 0.25) is 0 Å². The summed E-state index contributed by atoms with van der Waals surface area (Å²) in [6.07, 6.45) is 1.78. The lowest BCUT2D eigenvalue weighted by Gasteiger charge is -2.28. The van der Waals surface area contributed by atoms with Crippen molar-refractivity contribution in [2.75, 3.05) is 13.1 Å². The molecule has 0 radical (unpaired) electrons. The molecule has 3 N–H and O–H groups in total. The van der Waals surface area contributed by atoms with Crippen molar-refractivity contribution in [2.24, 2.45) is 7.05 Å². The van der Waals surface area contributed by atoms with Crippen LogP contribution in [0.15, 0.2) is 115 Å². The summed E-state index contributed by atoms with van der Waals surface area (Å²) < 4.78 is 17.1. The number of hydrogen-bond donors (Lipinski definition) is 3. The van der Waals surface area contributed by atoms with Crippen molar-refractivity contribution in [3.63, 3.8) is 0 Å². The molecule has 4 heterocycles. The summed E-state index contributed by atoms with van der Waals surface area (Å²) in [6, 6.07) is 32.2.